The van der Waals surface area contributed by atoms with Gasteiger partial charge in [-0.25, -0.2) is 0 Å². The molecule has 0 saturated carbocycles. The number of anilines is 1. The highest BCUT2D eigenvalue weighted by atomic mass is 79.9. The molecule has 118 valence electrons. The summed E-state index contributed by atoms with van der Waals surface area (Å²) in [5.74, 6) is 0. The molecule has 1 N–H and O–H groups in total. The van der Waals surface area contributed by atoms with Crippen molar-refractivity contribution >= 4 is 21.6 Å². The lowest BCUT2D eigenvalue weighted by Crippen LogP contribution is -2.44. The predicted octanol–water partition coefficient (Wildman–Crippen LogP) is 4.31. The van der Waals surface area contributed by atoms with Crippen molar-refractivity contribution in [3.63, 3.8) is 0 Å². The van der Waals surface area contributed by atoms with Crippen molar-refractivity contribution in [3.8, 4) is 0 Å². The summed E-state index contributed by atoms with van der Waals surface area (Å²) in [4.78, 5) is 1.55. The van der Waals surface area contributed by atoms with Gasteiger partial charge in [0.25, 0.3) is 0 Å². The van der Waals surface area contributed by atoms with Crippen LogP contribution >= 0.6 is 15.9 Å². The molecule has 0 aromatic heterocycles. The van der Waals surface area contributed by atoms with Crippen LogP contribution in [0.5, 0.6) is 0 Å². The Morgan fingerprint density at radius 3 is 2.00 bits per heavy atom. The summed E-state index contributed by atoms with van der Waals surface area (Å²) in [6.07, 6.45) is -4.85. The Labute approximate surface area is 135 Å². The maximum absolute atomic E-state index is 13.7. The van der Waals surface area contributed by atoms with E-state index in [1.54, 1.807) is 31.1 Å². The van der Waals surface area contributed by atoms with Crippen molar-refractivity contribution in [2.75, 3.05) is 19.0 Å². The van der Waals surface area contributed by atoms with Gasteiger partial charge in [0.2, 0.25) is 5.60 Å². The first kappa shape index (κ1) is 16.8. The molecule has 22 heavy (non-hydrogen) atoms. The van der Waals surface area contributed by atoms with E-state index in [0.29, 0.717) is 10.2 Å². The van der Waals surface area contributed by atoms with Crippen LogP contribution in [-0.2, 0) is 5.60 Å². The molecule has 1 atom stereocenters. The van der Waals surface area contributed by atoms with Crippen molar-refractivity contribution < 1.29 is 18.3 Å². The molecular weight excluding hydrogens is 359 g/mol. The minimum Gasteiger partial charge on any atom is -0.377 e. The summed E-state index contributed by atoms with van der Waals surface area (Å²) >= 11 is 3.19. The minimum absolute atomic E-state index is 0.199. The van der Waals surface area contributed by atoms with Gasteiger partial charge in [0, 0.05) is 29.8 Å². The zero-order valence-electron chi connectivity index (χ0n) is 12.0. The van der Waals surface area contributed by atoms with Crippen molar-refractivity contribution in [2.24, 2.45) is 0 Å². The van der Waals surface area contributed by atoms with Gasteiger partial charge in [-0.05, 0) is 23.8 Å². The SMILES string of the molecule is CN(C)c1ccccc1C(O)(c1ccc(Br)cc1)C(F)(F)F. The first-order valence-electron chi connectivity index (χ1n) is 6.50. The number of nitrogens with zero attached hydrogens (tertiary/aromatic N) is 1. The van der Waals surface area contributed by atoms with Crippen LogP contribution in [0.15, 0.2) is 53.0 Å². The molecule has 0 aliphatic carbocycles. The Kier molecular flexibility index (Phi) is 4.54. The quantitative estimate of drug-likeness (QED) is 0.866. The number of aliphatic hydroxyl groups is 1. The third kappa shape index (κ3) is 2.85. The first-order chi connectivity index (χ1) is 10.2. The second-order valence-electron chi connectivity index (χ2n) is 5.13. The number of benzene rings is 2. The molecule has 0 bridgehead atoms. The molecule has 2 aromatic rings. The van der Waals surface area contributed by atoms with Crippen LogP contribution in [0.1, 0.15) is 11.1 Å². The van der Waals surface area contributed by atoms with Crippen molar-refractivity contribution in [2.45, 2.75) is 11.8 Å². The second kappa shape index (κ2) is 5.93. The second-order valence-corrected chi connectivity index (χ2v) is 6.04. The highest BCUT2D eigenvalue weighted by molar-refractivity contribution is 9.10. The highest BCUT2D eigenvalue weighted by Crippen LogP contribution is 2.47. The van der Waals surface area contributed by atoms with E-state index >= 15 is 0 Å². The monoisotopic (exact) mass is 373 g/mol. The largest absolute Gasteiger partial charge is 0.425 e. The van der Waals surface area contributed by atoms with Crippen molar-refractivity contribution in [1.82, 2.24) is 0 Å². The Balaban J connectivity index is 2.74. The van der Waals surface area contributed by atoms with Gasteiger partial charge in [-0.15, -0.1) is 0 Å². The van der Waals surface area contributed by atoms with E-state index in [0.717, 1.165) is 0 Å². The van der Waals surface area contributed by atoms with Gasteiger partial charge in [-0.3, -0.25) is 0 Å². The van der Waals surface area contributed by atoms with E-state index in [1.165, 1.54) is 36.4 Å². The molecule has 0 radical (unpaired) electrons. The summed E-state index contributed by atoms with van der Waals surface area (Å²) < 4.78 is 41.9. The summed E-state index contributed by atoms with van der Waals surface area (Å²) in [6, 6.07) is 11.5. The van der Waals surface area contributed by atoms with E-state index in [-0.39, 0.29) is 11.1 Å². The number of hydrogen-bond donors (Lipinski definition) is 1. The third-order valence-corrected chi connectivity index (χ3v) is 3.98. The lowest BCUT2D eigenvalue weighted by molar-refractivity contribution is -0.248. The Hall–Kier alpha value is -1.53. The standard InChI is InChI=1S/C16H15BrF3NO/c1-21(2)14-6-4-3-5-13(14)15(22,16(18,19)20)11-7-9-12(17)10-8-11/h3-10,22H,1-2H3. The zero-order chi connectivity index (χ0) is 16.5. The van der Waals surface area contributed by atoms with Crippen LogP contribution < -0.4 is 4.90 Å². The molecule has 1 unspecified atom stereocenters. The smallest absolute Gasteiger partial charge is 0.377 e. The molecule has 0 saturated heterocycles. The maximum atomic E-state index is 13.7. The summed E-state index contributed by atoms with van der Waals surface area (Å²) in [5, 5.41) is 10.6. The Morgan fingerprint density at radius 1 is 0.955 bits per heavy atom. The third-order valence-electron chi connectivity index (χ3n) is 3.45. The normalized spacial score (nSPS) is 14.5. The number of halogens is 4. The molecule has 0 amide bonds. The van der Waals surface area contributed by atoms with Gasteiger partial charge < -0.3 is 10.0 Å². The fourth-order valence-corrected chi connectivity index (χ4v) is 2.60. The molecular formula is C16H15BrF3NO. The van der Waals surface area contributed by atoms with Gasteiger partial charge in [-0.1, -0.05) is 46.3 Å². The number of para-hydroxylation sites is 1. The van der Waals surface area contributed by atoms with Gasteiger partial charge in [0.15, 0.2) is 0 Å². The topological polar surface area (TPSA) is 23.5 Å². The van der Waals surface area contributed by atoms with Crippen LogP contribution in [0.3, 0.4) is 0 Å². The van der Waals surface area contributed by atoms with Gasteiger partial charge in [0.05, 0.1) is 0 Å². The lowest BCUT2D eigenvalue weighted by atomic mass is 9.84. The fourth-order valence-electron chi connectivity index (χ4n) is 2.33. The molecule has 0 spiro atoms. The van der Waals surface area contributed by atoms with Crippen molar-refractivity contribution in [1.29, 1.82) is 0 Å². The summed E-state index contributed by atoms with van der Waals surface area (Å²) in [7, 11) is 3.27. The Bertz CT molecular complexity index is 655. The summed E-state index contributed by atoms with van der Waals surface area (Å²) in [5.41, 5.74) is -3.19. The minimum atomic E-state index is -4.85. The first-order valence-corrected chi connectivity index (χ1v) is 7.29. The van der Waals surface area contributed by atoms with Crippen LogP contribution in [0.4, 0.5) is 18.9 Å². The maximum Gasteiger partial charge on any atom is 0.425 e. The molecule has 0 aliphatic rings. The molecule has 0 aliphatic heterocycles. The van der Waals surface area contributed by atoms with Crippen LogP contribution in [0.2, 0.25) is 0 Å². The van der Waals surface area contributed by atoms with Crippen LogP contribution in [0.25, 0.3) is 0 Å². The number of hydrogen-bond acceptors (Lipinski definition) is 2. The molecule has 0 heterocycles. The number of rotatable bonds is 3. The van der Waals surface area contributed by atoms with E-state index in [1.807, 2.05) is 0 Å². The van der Waals surface area contributed by atoms with Gasteiger partial charge in [0.1, 0.15) is 0 Å². The van der Waals surface area contributed by atoms with Gasteiger partial charge in [-0.2, -0.15) is 13.2 Å². The molecule has 2 nitrogen and oxygen atoms in total. The van der Waals surface area contributed by atoms with Crippen LogP contribution in [-0.4, -0.2) is 25.4 Å². The van der Waals surface area contributed by atoms with Gasteiger partial charge >= 0.3 is 6.18 Å². The average Bonchev–Trinajstić information content (AvgIpc) is 2.46. The fraction of sp³-hybridized carbons (Fsp3) is 0.250. The van der Waals surface area contributed by atoms with Crippen LogP contribution in [0, 0.1) is 0 Å². The van der Waals surface area contributed by atoms with Crippen molar-refractivity contribution in [3.05, 3.63) is 64.1 Å². The zero-order valence-corrected chi connectivity index (χ0v) is 13.6. The molecule has 6 heteroatoms. The van der Waals surface area contributed by atoms with E-state index in [4.69, 9.17) is 0 Å². The predicted molar refractivity (Wildman–Crippen MR) is 84.0 cm³/mol. The molecule has 0 fully saturated rings. The highest BCUT2D eigenvalue weighted by Gasteiger charge is 2.57. The van der Waals surface area contributed by atoms with E-state index in [9.17, 15) is 18.3 Å². The Morgan fingerprint density at radius 2 is 1.50 bits per heavy atom. The lowest BCUT2D eigenvalue weighted by Gasteiger charge is -2.34. The average molecular weight is 374 g/mol. The summed E-state index contributed by atoms with van der Waals surface area (Å²) in [6.45, 7) is 0. The molecule has 2 rings (SSSR count). The number of alkyl halides is 3. The van der Waals surface area contributed by atoms with E-state index < -0.39 is 11.8 Å². The molecule has 2 aromatic carbocycles. The van der Waals surface area contributed by atoms with E-state index in [2.05, 4.69) is 15.9 Å².